The Kier molecular flexibility index (Phi) is 3.04. The molecule has 2 aromatic rings. The van der Waals surface area contributed by atoms with Crippen molar-refractivity contribution in [3.8, 4) is 10.6 Å². The fourth-order valence-corrected chi connectivity index (χ4v) is 3.40. The van der Waals surface area contributed by atoms with Gasteiger partial charge >= 0.3 is 0 Å². The van der Waals surface area contributed by atoms with Crippen LogP contribution in [-0.4, -0.2) is 15.0 Å². The van der Waals surface area contributed by atoms with Crippen molar-refractivity contribution in [1.82, 2.24) is 4.98 Å². The number of thiazole rings is 1. The van der Waals surface area contributed by atoms with Crippen LogP contribution in [0.5, 0.6) is 0 Å². The molecule has 0 amide bonds. The van der Waals surface area contributed by atoms with Crippen LogP contribution in [0.2, 0.25) is 0 Å². The summed E-state index contributed by atoms with van der Waals surface area (Å²) in [5, 5.41) is 21.5. The van der Waals surface area contributed by atoms with Gasteiger partial charge in [-0.05, 0) is 19.3 Å². The molecule has 1 aliphatic rings. The van der Waals surface area contributed by atoms with Crippen molar-refractivity contribution in [2.75, 3.05) is 0 Å². The number of benzene rings is 1. The molecule has 5 nitrogen and oxygen atoms in total. The van der Waals surface area contributed by atoms with Gasteiger partial charge in [0, 0.05) is 17.7 Å². The number of nitrogens with zero attached hydrogens (tertiary/aromatic N) is 2. The van der Waals surface area contributed by atoms with Gasteiger partial charge in [0.25, 0.3) is 5.69 Å². The molecule has 98 valence electrons. The van der Waals surface area contributed by atoms with E-state index in [1.807, 2.05) is 6.07 Å². The van der Waals surface area contributed by atoms with Crippen molar-refractivity contribution in [2.45, 2.75) is 25.4 Å². The lowest BCUT2D eigenvalue weighted by molar-refractivity contribution is -0.384. The summed E-state index contributed by atoms with van der Waals surface area (Å²) in [5.41, 5.74) is 1.73. The highest BCUT2D eigenvalue weighted by Gasteiger charge is 2.23. The summed E-state index contributed by atoms with van der Waals surface area (Å²) in [5.74, 6) is 0. The van der Waals surface area contributed by atoms with E-state index in [4.69, 9.17) is 0 Å². The van der Waals surface area contributed by atoms with E-state index < -0.39 is 11.0 Å². The molecule has 3 rings (SSSR count). The van der Waals surface area contributed by atoms with Crippen LogP contribution in [0.1, 0.15) is 29.5 Å². The smallest absolute Gasteiger partial charge is 0.270 e. The molecule has 0 spiro atoms. The second-order valence-corrected chi connectivity index (χ2v) is 5.58. The van der Waals surface area contributed by atoms with Gasteiger partial charge in [-0.2, -0.15) is 0 Å². The highest BCUT2D eigenvalue weighted by Crippen LogP contribution is 2.38. The van der Waals surface area contributed by atoms with Crippen LogP contribution in [0.3, 0.4) is 0 Å². The molecule has 0 fully saturated rings. The van der Waals surface area contributed by atoms with E-state index in [9.17, 15) is 15.2 Å². The zero-order chi connectivity index (χ0) is 13.4. The number of nitro groups is 1. The lowest BCUT2D eigenvalue weighted by Crippen LogP contribution is -2.06. The molecule has 1 heterocycles. The lowest BCUT2D eigenvalue weighted by Gasteiger charge is -2.14. The summed E-state index contributed by atoms with van der Waals surface area (Å²) in [6.45, 7) is 0. The minimum atomic E-state index is -0.436. The predicted octanol–water partition coefficient (Wildman–Crippen LogP) is 3.09. The monoisotopic (exact) mass is 276 g/mol. The number of fused-ring (bicyclic) bond motifs is 1. The van der Waals surface area contributed by atoms with E-state index in [0.29, 0.717) is 0 Å². The average Bonchev–Trinajstić information content (AvgIpc) is 2.84. The van der Waals surface area contributed by atoms with E-state index in [0.717, 1.165) is 40.4 Å². The Bertz CT molecular complexity index is 639. The number of aliphatic hydroxyl groups is 1. The Morgan fingerprint density at radius 1 is 1.47 bits per heavy atom. The summed E-state index contributed by atoms with van der Waals surface area (Å²) in [4.78, 5) is 15.8. The first kappa shape index (κ1) is 12.3. The second-order valence-electron chi connectivity index (χ2n) is 4.55. The van der Waals surface area contributed by atoms with Gasteiger partial charge in [0.2, 0.25) is 0 Å². The molecule has 0 aliphatic heterocycles. The number of aromatic nitrogens is 1. The number of aliphatic hydroxyl groups excluding tert-OH is 1. The maximum atomic E-state index is 10.8. The first-order chi connectivity index (χ1) is 9.15. The van der Waals surface area contributed by atoms with Gasteiger partial charge in [-0.25, -0.2) is 4.98 Å². The third-order valence-electron chi connectivity index (χ3n) is 3.23. The second kappa shape index (κ2) is 4.71. The van der Waals surface area contributed by atoms with Crippen LogP contribution >= 0.6 is 11.3 Å². The maximum absolute atomic E-state index is 10.8. The van der Waals surface area contributed by atoms with Gasteiger partial charge < -0.3 is 5.11 Å². The van der Waals surface area contributed by atoms with Crippen molar-refractivity contribution in [3.05, 3.63) is 45.0 Å². The van der Waals surface area contributed by atoms with E-state index in [1.54, 1.807) is 6.07 Å². The first-order valence-corrected chi connectivity index (χ1v) is 6.89. The lowest BCUT2D eigenvalue weighted by atomic mass is 10.0. The molecule has 0 bridgehead atoms. The van der Waals surface area contributed by atoms with Gasteiger partial charge in [0.05, 0.1) is 21.6 Å². The van der Waals surface area contributed by atoms with Crippen LogP contribution in [-0.2, 0) is 6.42 Å². The third kappa shape index (κ3) is 2.24. The van der Waals surface area contributed by atoms with Gasteiger partial charge in [-0.3, -0.25) is 10.1 Å². The zero-order valence-electron chi connectivity index (χ0n) is 10.1. The van der Waals surface area contributed by atoms with E-state index >= 15 is 0 Å². The summed E-state index contributed by atoms with van der Waals surface area (Å²) < 4.78 is 0. The molecule has 1 unspecified atom stereocenters. The van der Waals surface area contributed by atoms with E-state index in [-0.39, 0.29) is 5.69 Å². The van der Waals surface area contributed by atoms with Crippen LogP contribution < -0.4 is 0 Å². The molecule has 0 saturated heterocycles. The highest BCUT2D eigenvalue weighted by atomic mass is 32.1. The quantitative estimate of drug-likeness (QED) is 0.675. The number of nitro benzene ring substituents is 1. The van der Waals surface area contributed by atoms with Crippen molar-refractivity contribution in [3.63, 3.8) is 0 Å². The topological polar surface area (TPSA) is 76.3 Å². The number of rotatable bonds is 2. The van der Waals surface area contributed by atoms with Crippen molar-refractivity contribution in [2.24, 2.45) is 0 Å². The Balaban J connectivity index is 2.03. The standard InChI is InChI=1S/C13H12N2O3S/c16-11-6-2-5-10-12(11)19-13(14-10)8-3-1-4-9(7-8)15(17)18/h1,3-4,7,11,16H,2,5-6H2. The normalized spacial score (nSPS) is 18.1. The molecule has 1 aromatic carbocycles. The van der Waals surface area contributed by atoms with Gasteiger partial charge in [0.15, 0.2) is 0 Å². The maximum Gasteiger partial charge on any atom is 0.270 e. The van der Waals surface area contributed by atoms with Gasteiger partial charge in [-0.1, -0.05) is 12.1 Å². The number of hydrogen-bond donors (Lipinski definition) is 1. The molecule has 19 heavy (non-hydrogen) atoms. The molecule has 1 aliphatic carbocycles. The molecule has 1 N–H and O–H groups in total. The van der Waals surface area contributed by atoms with Crippen LogP contribution in [0.25, 0.3) is 10.6 Å². The molecule has 1 aromatic heterocycles. The molecule has 0 saturated carbocycles. The Morgan fingerprint density at radius 3 is 3.05 bits per heavy atom. The summed E-state index contributed by atoms with van der Waals surface area (Å²) in [6, 6.07) is 6.45. The highest BCUT2D eigenvalue weighted by molar-refractivity contribution is 7.15. The largest absolute Gasteiger partial charge is 0.388 e. The number of hydrogen-bond acceptors (Lipinski definition) is 5. The number of non-ortho nitro benzene ring substituents is 1. The summed E-state index contributed by atoms with van der Waals surface area (Å²) >= 11 is 1.43. The number of aryl methyl sites for hydroxylation is 1. The fraction of sp³-hybridized carbons (Fsp3) is 0.308. The van der Waals surface area contributed by atoms with Crippen LogP contribution in [0.15, 0.2) is 24.3 Å². The molecule has 0 radical (unpaired) electrons. The Hall–Kier alpha value is -1.79. The molecular formula is C13H12N2O3S. The van der Waals surface area contributed by atoms with E-state index in [1.165, 1.54) is 23.5 Å². The van der Waals surface area contributed by atoms with Crippen molar-refractivity contribution < 1.29 is 10.0 Å². The van der Waals surface area contributed by atoms with Crippen molar-refractivity contribution in [1.29, 1.82) is 0 Å². The zero-order valence-corrected chi connectivity index (χ0v) is 10.9. The average molecular weight is 276 g/mol. The first-order valence-electron chi connectivity index (χ1n) is 6.07. The van der Waals surface area contributed by atoms with Crippen molar-refractivity contribution >= 4 is 17.0 Å². The minimum Gasteiger partial charge on any atom is -0.388 e. The molecule has 1 atom stereocenters. The minimum absolute atomic E-state index is 0.0613. The Labute approximate surface area is 113 Å². The molecule has 6 heteroatoms. The SMILES string of the molecule is O=[N+]([O-])c1cccc(-c2nc3c(s2)C(O)CCC3)c1. The Morgan fingerprint density at radius 2 is 2.32 bits per heavy atom. The van der Waals surface area contributed by atoms with Gasteiger partial charge in [0.1, 0.15) is 5.01 Å². The van der Waals surface area contributed by atoms with E-state index in [2.05, 4.69) is 4.98 Å². The molecular weight excluding hydrogens is 264 g/mol. The predicted molar refractivity (Wildman–Crippen MR) is 72.1 cm³/mol. The van der Waals surface area contributed by atoms with Crippen LogP contribution in [0.4, 0.5) is 5.69 Å². The summed E-state index contributed by atoms with van der Waals surface area (Å²) in [6.07, 6.45) is 2.14. The van der Waals surface area contributed by atoms with Gasteiger partial charge in [-0.15, -0.1) is 11.3 Å². The summed E-state index contributed by atoms with van der Waals surface area (Å²) in [7, 11) is 0. The fourth-order valence-electron chi connectivity index (χ4n) is 2.27. The third-order valence-corrected chi connectivity index (χ3v) is 4.47. The van der Waals surface area contributed by atoms with Crippen LogP contribution in [0, 0.1) is 10.1 Å².